The molecule has 0 atom stereocenters. The number of benzene rings is 2. The van der Waals surface area contributed by atoms with Crippen molar-refractivity contribution in [1.82, 2.24) is 24.6 Å². The van der Waals surface area contributed by atoms with Gasteiger partial charge in [0, 0.05) is 50.8 Å². The molecule has 8 heteroatoms. The summed E-state index contributed by atoms with van der Waals surface area (Å²) in [6, 6.07) is 18.7. The molecule has 1 fully saturated rings. The Morgan fingerprint density at radius 3 is 2.31 bits per heavy atom. The normalized spacial score (nSPS) is 14.2. The number of amides is 1. The van der Waals surface area contributed by atoms with E-state index in [4.69, 9.17) is 0 Å². The van der Waals surface area contributed by atoms with Crippen molar-refractivity contribution in [1.29, 1.82) is 0 Å². The molecule has 0 aliphatic carbocycles. The maximum atomic E-state index is 13.2. The summed E-state index contributed by atoms with van der Waals surface area (Å²) < 4.78 is 16.9. The predicted molar refractivity (Wildman–Crippen MR) is 140 cm³/mol. The van der Waals surface area contributed by atoms with Crippen molar-refractivity contribution in [2.24, 2.45) is 0 Å². The molecule has 0 saturated carbocycles. The molecule has 3 heterocycles. The number of piperazine rings is 1. The highest BCUT2D eigenvalue weighted by Gasteiger charge is 2.20. The van der Waals surface area contributed by atoms with E-state index in [1.807, 2.05) is 72.4 Å². The number of rotatable bonds is 8. The number of nitrogens with zero attached hydrogens (tertiary/aromatic N) is 5. The van der Waals surface area contributed by atoms with E-state index in [1.54, 1.807) is 10.9 Å². The van der Waals surface area contributed by atoms with Gasteiger partial charge in [-0.1, -0.05) is 17.7 Å². The Balaban J connectivity index is 1.15. The zero-order chi connectivity index (χ0) is 24.9. The second kappa shape index (κ2) is 10.8. The van der Waals surface area contributed by atoms with Gasteiger partial charge in [0.25, 0.3) is 5.91 Å². The van der Waals surface area contributed by atoms with Crippen molar-refractivity contribution in [3.8, 4) is 11.5 Å². The first-order chi connectivity index (χ1) is 17.6. The SMILES string of the molecule is Cc1ccc(-n2ncc(C(=O)NCCCN3CCN(c4ccc(F)cc4)CC3)c2-n2cccc2)cc1. The minimum absolute atomic E-state index is 0.127. The Hall–Kier alpha value is -3.91. The third-order valence-electron chi connectivity index (χ3n) is 6.62. The Kier molecular flexibility index (Phi) is 7.13. The van der Waals surface area contributed by atoms with E-state index in [-0.39, 0.29) is 11.7 Å². The van der Waals surface area contributed by atoms with E-state index in [0.29, 0.717) is 12.1 Å². The smallest absolute Gasteiger partial charge is 0.256 e. The van der Waals surface area contributed by atoms with Crippen molar-refractivity contribution < 1.29 is 9.18 Å². The number of carbonyl (C=O) groups excluding carboxylic acids is 1. The van der Waals surface area contributed by atoms with Gasteiger partial charge in [0.2, 0.25) is 0 Å². The Bertz CT molecular complexity index is 1270. The molecule has 186 valence electrons. The van der Waals surface area contributed by atoms with Crippen molar-refractivity contribution >= 4 is 11.6 Å². The largest absolute Gasteiger partial charge is 0.369 e. The molecule has 0 radical (unpaired) electrons. The van der Waals surface area contributed by atoms with Gasteiger partial charge < -0.3 is 14.8 Å². The van der Waals surface area contributed by atoms with Crippen LogP contribution in [-0.4, -0.2) is 64.4 Å². The number of halogens is 1. The number of anilines is 1. The second-order valence-corrected chi connectivity index (χ2v) is 9.13. The van der Waals surface area contributed by atoms with Gasteiger partial charge >= 0.3 is 0 Å². The first kappa shape index (κ1) is 23.8. The van der Waals surface area contributed by atoms with Gasteiger partial charge in [0.15, 0.2) is 5.82 Å². The third-order valence-corrected chi connectivity index (χ3v) is 6.62. The molecule has 1 aliphatic rings. The molecule has 7 nitrogen and oxygen atoms in total. The molecule has 0 bridgehead atoms. The highest BCUT2D eigenvalue weighted by atomic mass is 19.1. The van der Waals surface area contributed by atoms with E-state index in [9.17, 15) is 9.18 Å². The minimum Gasteiger partial charge on any atom is -0.369 e. The number of hydrogen-bond acceptors (Lipinski definition) is 4. The van der Waals surface area contributed by atoms with Crippen LogP contribution in [-0.2, 0) is 0 Å². The van der Waals surface area contributed by atoms with Gasteiger partial charge in [0.1, 0.15) is 11.4 Å². The standard InChI is InChI=1S/C28H31FN6O/c1-22-5-9-25(10-6-22)35-28(34-15-2-3-16-34)26(21-31-35)27(36)30-13-4-14-32-17-19-33(20-18-32)24-11-7-23(29)8-12-24/h2-3,5-12,15-16,21H,4,13-14,17-20H2,1H3,(H,30,36). The zero-order valence-corrected chi connectivity index (χ0v) is 20.5. The Morgan fingerprint density at radius 2 is 1.61 bits per heavy atom. The third kappa shape index (κ3) is 5.33. The number of hydrogen-bond donors (Lipinski definition) is 1. The molecular formula is C28H31FN6O. The summed E-state index contributed by atoms with van der Waals surface area (Å²) in [5, 5.41) is 7.61. The van der Waals surface area contributed by atoms with E-state index in [2.05, 4.69) is 20.2 Å². The van der Waals surface area contributed by atoms with E-state index in [1.165, 1.54) is 17.7 Å². The molecule has 5 rings (SSSR count). The van der Waals surface area contributed by atoms with Crippen LogP contribution in [0.15, 0.2) is 79.3 Å². The molecule has 1 aliphatic heterocycles. The van der Waals surface area contributed by atoms with E-state index in [0.717, 1.165) is 56.3 Å². The molecular weight excluding hydrogens is 455 g/mol. The van der Waals surface area contributed by atoms with Crippen LogP contribution >= 0.6 is 0 Å². The number of carbonyl (C=O) groups is 1. The van der Waals surface area contributed by atoms with E-state index < -0.39 is 0 Å². The predicted octanol–water partition coefficient (Wildman–Crippen LogP) is 4.05. The van der Waals surface area contributed by atoms with Gasteiger partial charge in [0.05, 0.1) is 11.9 Å². The summed E-state index contributed by atoms with van der Waals surface area (Å²) in [6.07, 6.45) is 6.35. The lowest BCUT2D eigenvalue weighted by Gasteiger charge is -2.36. The summed E-state index contributed by atoms with van der Waals surface area (Å²) in [5.74, 6) is 0.388. The summed E-state index contributed by atoms with van der Waals surface area (Å²) in [5.41, 5.74) is 3.68. The van der Waals surface area contributed by atoms with Gasteiger partial charge in [-0.25, -0.2) is 9.07 Å². The number of aromatic nitrogens is 3. The van der Waals surface area contributed by atoms with Gasteiger partial charge in [-0.15, -0.1) is 0 Å². The maximum absolute atomic E-state index is 13.2. The van der Waals surface area contributed by atoms with Crippen LogP contribution in [0.2, 0.25) is 0 Å². The lowest BCUT2D eigenvalue weighted by molar-refractivity contribution is 0.0951. The maximum Gasteiger partial charge on any atom is 0.256 e. The number of aryl methyl sites for hydroxylation is 1. The first-order valence-corrected chi connectivity index (χ1v) is 12.4. The fraction of sp³-hybridized carbons (Fsp3) is 0.286. The molecule has 1 N–H and O–H groups in total. The van der Waals surface area contributed by atoms with Crippen molar-refractivity contribution in [3.63, 3.8) is 0 Å². The molecule has 2 aromatic carbocycles. The lowest BCUT2D eigenvalue weighted by Crippen LogP contribution is -2.47. The van der Waals surface area contributed by atoms with Gasteiger partial charge in [-0.2, -0.15) is 5.10 Å². The van der Waals surface area contributed by atoms with Crippen LogP contribution in [0.5, 0.6) is 0 Å². The first-order valence-electron chi connectivity index (χ1n) is 12.4. The number of nitrogens with one attached hydrogen (secondary N) is 1. The van der Waals surface area contributed by atoms with Crippen molar-refractivity contribution in [2.75, 3.05) is 44.2 Å². The van der Waals surface area contributed by atoms with Crippen LogP contribution in [0.25, 0.3) is 11.5 Å². The van der Waals surface area contributed by atoms with Crippen molar-refractivity contribution in [2.45, 2.75) is 13.3 Å². The van der Waals surface area contributed by atoms with Crippen LogP contribution < -0.4 is 10.2 Å². The molecule has 1 saturated heterocycles. The fourth-order valence-corrected chi connectivity index (χ4v) is 4.58. The molecule has 1 amide bonds. The molecule has 36 heavy (non-hydrogen) atoms. The average molecular weight is 487 g/mol. The molecule has 0 spiro atoms. The lowest BCUT2D eigenvalue weighted by atomic mass is 10.2. The quantitative estimate of drug-likeness (QED) is 0.382. The highest BCUT2D eigenvalue weighted by molar-refractivity contribution is 5.97. The van der Waals surface area contributed by atoms with Crippen LogP contribution in [0.4, 0.5) is 10.1 Å². The van der Waals surface area contributed by atoms with Crippen LogP contribution in [0.1, 0.15) is 22.3 Å². The molecule has 0 unspecified atom stereocenters. The average Bonchev–Trinajstić information content (AvgIpc) is 3.58. The monoisotopic (exact) mass is 486 g/mol. The minimum atomic E-state index is -0.206. The van der Waals surface area contributed by atoms with Crippen molar-refractivity contribution in [3.05, 3.63) is 96.2 Å². The van der Waals surface area contributed by atoms with Gasteiger partial charge in [-0.05, 0) is 68.4 Å². The fourth-order valence-electron chi connectivity index (χ4n) is 4.58. The zero-order valence-electron chi connectivity index (χ0n) is 20.5. The topological polar surface area (TPSA) is 58.3 Å². The molecule has 2 aromatic heterocycles. The summed E-state index contributed by atoms with van der Waals surface area (Å²) in [6.45, 7) is 7.29. The summed E-state index contributed by atoms with van der Waals surface area (Å²) in [7, 11) is 0. The second-order valence-electron chi connectivity index (χ2n) is 9.13. The molecule has 4 aromatic rings. The Morgan fingerprint density at radius 1 is 0.944 bits per heavy atom. The van der Waals surface area contributed by atoms with Crippen LogP contribution in [0.3, 0.4) is 0 Å². The summed E-state index contributed by atoms with van der Waals surface area (Å²) in [4.78, 5) is 17.8. The highest BCUT2D eigenvalue weighted by Crippen LogP contribution is 2.20. The van der Waals surface area contributed by atoms with Gasteiger partial charge in [-0.3, -0.25) is 9.69 Å². The summed E-state index contributed by atoms with van der Waals surface area (Å²) >= 11 is 0. The Labute approximate surface area is 210 Å². The van der Waals surface area contributed by atoms with Crippen LogP contribution in [0, 0.1) is 12.7 Å². The van der Waals surface area contributed by atoms with E-state index >= 15 is 0 Å².